The number of thiophene rings is 1. The molecule has 2 heteroatoms. The lowest BCUT2D eigenvalue weighted by Crippen LogP contribution is -2.22. The molecule has 0 aliphatic carbocycles. The molecule has 0 amide bonds. The topological polar surface area (TPSA) is 12.0 Å². The van der Waals surface area contributed by atoms with E-state index < -0.39 is 0 Å². The minimum atomic E-state index is 0.378. The third-order valence-corrected chi connectivity index (χ3v) is 4.53. The van der Waals surface area contributed by atoms with Crippen LogP contribution < -0.4 is 5.32 Å². The maximum atomic E-state index is 3.68. The molecule has 0 spiro atoms. The zero-order chi connectivity index (χ0) is 13.1. The van der Waals surface area contributed by atoms with Gasteiger partial charge in [0.2, 0.25) is 0 Å². The molecule has 0 saturated heterocycles. The van der Waals surface area contributed by atoms with Crippen LogP contribution >= 0.6 is 11.3 Å². The van der Waals surface area contributed by atoms with Crippen molar-refractivity contribution in [1.82, 2.24) is 5.32 Å². The first-order valence-corrected chi connectivity index (χ1v) is 7.27. The Morgan fingerprint density at radius 1 is 0.944 bits per heavy atom. The van der Waals surface area contributed by atoms with E-state index in [1.807, 2.05) is 11.3 Å². The molecule has 0 radical (unpaired) electrons. The molecule has 1 N–H and O–H groups in total. The maximum absolute atomic E-state index is 3.68. The molecule has 2 aromatic rings. The molecule has 18 heavy (non-hydrogen) atoms. The van der Waals surface area contributed by atoms with Crippen LogP contribution in [0.4, 0.5) is 0 Å². The van der Waals surface area contributed by atoms with Gasteiger partial charge in [-0.1, -0.05) is 24.3 Å². The van der Waals surface area contributed by atoms with Gasteiger partial charge in [-0.3, -0.25) is 0 Å². The zero-order valence-corrected chi connectivity index (χ0v) is 12.3. The van der Waals surface area contributed by atoms with Gasteiger partial charge in [0.05, 0.1) is 0 Å². The third-order valence-electron chi connectivity index (χ3n) is 3.34. The van der Waals surface area contributed by atoms with Gasteiger partial charge in [0, 0.05) is 21.8 Å². The van der Waals surface area contributed by atoms with Crippen molar-refractivity contribution in [3.8, 4) is 0 Å². The summed E-state index contributed by atoms with van der Waals surface area (Å²) in [5.41, 5.74) is 2.74. The van der Waals surface area contributed by atoms with Gasteiger partial charge in [0.1, 0.15) is 0 Å². The minimum Gasteiger partial charge on any atom is -0.303 e. The highest BCUT2D eigenvalue weighted by molar-refractivity contribution is 7.12. The summed E-state index contributed by atoms with van der Waals surface area (Å²) in [7, 11) is 0. The first-order chi connectivity index (χ1) is 8.58. The Labute approximate surface area is 114 Å². The van der Waals surface area contributed by atoms with E-state index in [1.165, 1.54) is 20.9 Å². The van der Waals surface area contributed by atoms with Gasteiger partial charge in [-0.15, -0.1) is 11.3 Å². The molecule has 0 saturated carbocycles. The van der Waals surface area contributed by atoms with Crippen LogP contribution in [-0.2, 0) is 0 Å². The summed E-state index contributed by atoms with van der Waals surface area (Å²) in [6.45, 7) is 8.80. The van der Waals surface area contributed by atoms with Crippen molar-refractivity contribution in [3.63, 3.8) is 0 Å². The number of hydrogen-bond donors (Lipinski definition) is 1. The van der Waals surface area contributed by atoms with Gasteiger partial charge < -0.3 is 5.32 Å². The SMILES string of the molecule is Cc1ccc(C(C)NC(C)c2ccccc2C)s1. The van der Waals surface area contributed by atoms with E-state index in [1.54, 1.807) is 0 Å². The summed E-state index contributed by atoms with van der Waals surface area (Å²) in [4.78, 5) is 2.79. The van der Waals surface area contributed by atoms with Gasteiger partial charge >= 0.3 is 0 Å². The van der Waals surface area contributed by atoms with Gasteiger partial charge in [0.15, 0.2) is 0 Å². The lowest BCUT2D eigenvalue weighted by Gasteiger charge is -2.21. The number of aryl methyl sites for hydroxylation is 2. The normalized spacial score (nSPS) is 14.4. The van der Waals surface area contributed by atoms with Crippen LogP contribution in [0.2, 0.25) is 0 Å². The van der Waals surface area contributed by atoms with Crippen molar-refractivity contribution in [2.45, 2.75) is 39.8 Å². The summed E-state index contributed by atoms with van der Waals surface area (Å²) in [5, 5.41) is 3.68. The first-order valence-electron chi connectivity index (χ1n) is 6.46. The van der Waals surface area contributed by atoms with Crippen LogP contribution in [-0.4, -0.2) is 0 Å². The van der Waals surface area contributed by atoms with Crippen molar-refractivity contribution >= 4 is 11.3 Å². The highest BCUT2D eigenvalue weighted by Crippen LogP contribution is 2.26. The van der Waals surface area contributed by atoms with Gasteiger partial charge in [-0.2, -0.15) is 0 Å². The maximum Gasteiger partial charge on any atom is 0.0391 e. The van der Waals surface area contributed by atoms with Gasteiger partial charge in [-0.25, -0.2) is 0 Å². The average molecular weight is 259 g/mol. The van der Waals surface area contributed by atoms with E-state index in [2.05, 4.69) is 69.4 Å². The highest BCUT2D eigenvalue weighted by atomic mass is 32.1. The molecule has 1 aromatic carbocycles. The lowest BCUT2D eigenvalue weighted by molar-refractivity contribution is 0.498. The molecule has 1 nitrogen and oxygen atoms in total. The van der Waals surface area contributed by atoms with E-state index in [9.17, 15) is 0 Å². The Bertz CT molecular complexity index is 515. The molecule has 0 aliphatic rings. The predicted molar refractivity (Wildman–Crippen MR) is 80.2 cm³/mol. The molecule has 1 aromatic heterocycles. The Kier molecular flexibility index (Phi) is 4.20. The molecule has 2 rings (SSSR count). The largest absolute Gasteiger partial charge is 0.303 e. The molecule has 1 heterocycles. The molecule has 96 valence electrons. The standard InChI is InChI=1S/C16H21NS/c1-11-7-5-6-8-15(11)13(3)17-14(4)16-10-9-12(2)18-16/h5-10,13-14,17H,1-4H3. The second-order valence-corrected chi connectivity index (χ2v) is 6.23. The second-order valence-electron chi connectivity index (χ2n) is 4.92. The Morgan fingerprint density at radius 2 is 1.67 bits per heavy atom. The summed E-state index contributed by atoms with van der Waals surface area (Å²) in [6, 6.07) is 13.8. The molecule has 0 fully saturated rings. The van der Waals surface area contributed by atoms with E-state index >= 15 is 0 Å². The number of nitrogens with one attached hydrogen (secondary N) is 1. The van der Waals surface area contributed by atoms with E-state index in [-0.39, 0.29) is 0 Å². The molecule has 2 unspecified atom stereocenters. The Morgan fingerprint density at radius 3 is 2.28 bits per heavy atom. The van der Waals surface area contributed by atoms with Crippen LogP contribution in [0.15, 0.2) is 36.4 Å². The summed E-state index contributed by atoms with van der Waals surface area (Å²) in [6.07, 6.45) is 0. The average Bonchev–Trinajstić information content (AvgIpc) is 2.76. The molecule has 0 aliphatic heterocycles. The van der Waals surface area contributed by atoms with Crippen LogP contribution in [0.3, 0.4) is 0 Å². The van der Waals surface area contributed by atoms with Crippen molar-refractivity contribution < 1.29 is 0 Å². The monoisotopic (exact) mass is 259 g/mol. The quantitative estimate of drug-likeness (QED) is 0.833. The number of rotatable bonds is 4. The van der Waals surface area contributed by atoms with Crippen molar-refractivity contribution in [2.75, 3.05) is 0 Å². The predicted octanol–water partition coefficient (Wildman–Crippen LogP) is 4.78. The number of hydrogen-bond acceptors (Lipinski definition) is 2. The Hall–Kier alpha value is -1.12. The lowest BCUT2D eigenvalue weighted by atomic mass is 10.0. The summed E-state index contributed by atoms with van der Waals surface area (Å²) < 4.78 is 0. The van der Waals surface area contributed by atoms with Gasteiger partial charge in [0.25, 0.3) is 0 Å². The fourth-order valence-corrected chi connectivity index (χ4v) is 3.19. The molecular formula is C16H21NS. The van der Waals surface area contributed by atoms with E-state index in [0.29, 0.717) is 12.1 Å². The third kappa shape index (κ3) is 3.01. The molecular weight excluding hydrogens is 238 g/mol. The minimum absolute atomic E-state index is 0.378. The van der Waals surface area contributed by atoms with Crippen LogP contribution in [0.5, 0.6) is 0 Å². The molecule has 0 bridgehead atoms. The van der Waals surface area contributed by atoms with Crippen LogP contribution in [0.1, 0.15) is 46.8 Å². The summed E-state index contributed by atoms with van der Waals surface area (Å²) in [5.74, 6) is 0. The van der Waals surface area contributed by atoms with Gasteiger partial charge in [-0.05, 0) is 51.0 Å². The smallest absolute Gasteiger partial charge is 0.0391 e. The second kappa shape index (κ2) is 5.68. The van der Waals surface area contributed by atoms with E-state index in [4.69, 9.17) is 0 Å². The number of benzene rings is 1. The van der Waals surface area contributed by atoms with Crippen LogP contribution in [0, 0.1) is 13.8 Å². The first kappa shape index (κ1) is 13.3. The van der Waals surface area contributed by atoms with E-state index in [0.717, 1.165) is 0 Å². The molecule has 2 atom stereocenters. The summed E-state index contributed by atoms with van der Waals surface area (Å²) >= 11 is 1.87. The van der Waals surface area contributed by atoms with Crippen molar-refractivity contribution in [3.05, 3.63) is 57.3 Å². The fourth-order valence-electron chi connectivity index (χ4n) is 2.31. The van der Waals surface area contributed by atoms with Crippen molar-refractivity contribution in [2.24, 2.45) is 0 Å². The fraction of sp³-hybridized carbons (Fsp3) is 0.375. The van der Waals surface area contributed by atoms with Crippen LogP contribution in [0.25, 0.3) is 0 Å². The zero-order valence-electron chi connectivity index (χ0n) is 11.5. The Balaban J connectivity index is 2.08. The van der Waals surface area contributed by atoms with Crippen molar-refractivity contribution in [1.29, 1.82) is 0 Å². The highest BCUT2D eigenvalue weighted by Gasteiger charge is 2.13.